The molecule has 82 valence electrons. The molecule has 1 fully saturated rings. The van der Waals surface area contributed by atoms with Crippen molar-refractivity contribution in [3.05, 3.63) is 21.9 Å². The second kappa shape index (κ2) is 4.90. The summed E-state index contributed by atoms with van der Waals surface area (Å²) in [6.07, 6.45) is 4.17. The number of aryl methyl sites for hydroxylation is 1. The zero-order valence-electron chi connectivity index (χ0n) is 9.03. The van der Waals surface area contributed by atoms with Gasteiger partial charge in [0.1, 0.15) is 6.29 Å². The number of hydrogen-bond acceptors (Lipinski definition) is 3. The number of carbonyl (C=O) groups excluding carboxylic acids is 1. The second-order valence-corrected chi connectivity index (χ2v) is 5.08. The Balaban J connectivity index is 2.06. The van der Waals surface area contributed by atoms with E-state index in [0.717, 1.165) is 32.1 Å². The van der Waals surface area contributed by atoms with Crippen molar-refractivity contribution in [3.8, 4) is 0 Å². The van der Waals surface area contributed by atoms with Gasteiger partial charge in [0.2, 0.25) is 0 Å². The first-order chi connectivity index (χ1) is 7.33. The van der Waals surface area contributed by atoms with Gasteiger partial charge in [0.15, 0.2) is 0 Å². The van der Waals surface area contributed by atoms with Crippen molar-refractivity contribution in [2.24, 2.45) is 5.92 Å². The molecular formula is C12H17NOS. The van der Waals surface area contributed by atoms with Gasteiger partial charge >= 0.3 is 0 Å². The van der Waals surface area contributed by atoms with Gasteiger partial charge in [0.25, 0.3) is 0 Å². The molecule has 1 aliphatic heterocycles. The van der Waals surface area contributed by atoms with E-state index in [1.807, 2.05) is 11.3 Å². The maximum Gasteiger partial charge on any atom is 0.123 e. The van der Waals surface area contributed by atoms with E-state index in [4.69, 9.17) is 0 Å². The minimum Gasteiger partial charge on any atom is -0.309 e. The smallest absolute Gasteiger partial charge is 0.123 e. The summed E-state index contributed by atoms with van der Waals surface area (Å²) in [6, 6.07) is 2.68. The van der Waals surface area contributed by atoms with E-state index in [1.54, 1.807) is 0 Å². The molecule has 1 aromatic rings. The molecule has 0 bridgehead atoms. The maximum absolute atomic E-state index is 10.8. The van der Waals surface area contributed by atoms with Crippen molar-refractivity contribution in [2.45, 2.75) is 32.2 Å². The van der Waals surface area contributed by atoms with Gasteiger partial charge < -0.3 is 10.1 Å². The molecule has 1 N–H and O–H groups in total. The molecule has 15 heavy (non-hydrogen) atoms. The predicted molar refractivity (Wildman–Crippen MR) is 63.2 cm³/mol. The molecule has 2 heterocycles. The van der Waals surface area contributed by atoms with E-state index in [1.165, 1.54) is 10.4 Å². The van der Waals surface area contributed by atoms with Crippen LogP contribution in [0.5, 0.6) is 0 Å². The molecule has 0 amide bonds. The number of rotatable bonds is 3. The average Bonchev–Trinajstić information content (AvgIpc) is 2.78. The van der Waals surface area contributed by atoms with Gasteiger partial charge in [-0.15, -0.1) is 11.3 Å². The Hall–Kier alpha value is -0.670. The fraction of sp³-hybridized carbons (Fsp3) is 0.583. The summed E-state index contributed by atoms with van der Waals surface area (Å²) in [4.78, 5) is 12.2. The number of nitrogens with one attached hydrogen (secondary N) is 1. The van der Waals surface area contributed by atoms with Gasteiger partial charge in [-0.2, -0.15) is 0 Å². The molecule has 0 aromatic carbocycles. The van der Waals surface area contributed by atoms with E-state index in [9.17, 15) is 4.79 Å². The van der Waals surface area contributed by atoms with Crippen molar-refractivity contribution >= 4 is 17.6 Å². The predicted octanol–water partition coefficient (Wildman–Crippen LogP) is 2.55. The van der Waals surface area contributed by atoms with E-state index >= 15 is 0 Å². The molecule has 2 atom stereocenters. The Labute approximate surface area is 94.7 Å². The zero-order valence-corrected chi connectivity index (χ0v) is 9.85. The van der Waals surface area contributed by atoms with Gasteiger partial charge in [-0.25, -0.2) is 0 Å². The normalized spacial score (nSPS) is 26.5. The molecule has 0 radical (unpaired) electrons. The van der Waals surface area contributed by atoms with Crippen LogP contribution in [0.25, 0.3) is 0 Å². The monoisotopic (exact) mass is 223 g/mol. The van der Waals surface area contributed by atoms with Gasteiger partial charge in [0, 0.05) is 16.8 Å². The van der Waals surface area contributed by atoms with Crippen LogP contribution in [0.4, 0.5) is 0 Å². The topological polar surface area (TPSA) is 29.1 Å². The molecule has 1 aromatic heterocycles. The molecule has 0 saturated carbocycles. The van der Waals surface area contributed by atoms with Crippen LogP contribution in [0.15, 0.2) is 11.4 Å². The summed E-state index contributed by atoms with van der Waals surface area (Å²) in [5.74, 6) is 0.253. The third-order valence-corrected chi connectivity index (χ3v) is 4.16. The summed E-state index contributed by atoms with van der Waals surface area (Å²) in [7, 11) is 0. The zero-order chi connectivity index (χ0) is 10.7. The summed E-state index contributed by atoms with van der Waals surface area (Å²) in [6.45, 7) is 3.14. The van der Waals surface area contributed by atoms with Crippen molar-refractivity contribution in [3.63, 3.8) is 0 Å². The summed E-state index contributed by atoms with van der Waals surface area (Å²) < 4.78 is 0. The molecule has 2 unspecified atom stereocenters. The molecule has 2 rings (SSSR count). The van der Waals surface area contributed by atoms with Crippen LogP contribution >= 0.6 is 11.3 Å². The first-order valence-corrected chi connectivity index (χ1v) is 6.47. The lowest BCUT2D eigenvalue weighted by Crippen LogP contribution is -2.31. The number of thiophene rings is 1. The summed E-state index contributed by atoms with van der Waals surface area (Å²) in [5, 5.41) is 5.71. The van der Waals surface area contributed by atoms with Crippen molar-refractivity contribution in [1.29, 1.82) is 0 Å². The van der Waals surface area contributed by atoms with Crippen LogP contribution in [0.3, 0.4) is 0 Å². The molecule has 0 aliphatic carbocycles. The number of piperidine rings is 1. The fourth-order valence-corrected chi connectivity index (χ4v) is 3.14. The van der Waals surface area contributed by atoms with Crippen LogP contribution in [0.2, 0.25) is 0 Å². The lowest BCUT2D eigenvalue weighted by Gasteiger charge is -2.26. The van der Waals surface area contributed by atoms with Crippen molar-refractivity contribution < 1.29 is 4.79 Å². The van der Waals surface area contributed by atoms with Crippen molar-refractivity contribution in [1.82, 2.24) is 5.32 Å². The Morgan fingerprint density at radius 1 is 1.67 bits per heavy atom. The van der Waals surface area contributed by atoms with E-state index < -0.39 is 0 Å². The quantitative estimate of drug-likeness (QED) is 0.798. The SMILES string of the molecule is CCc1csc(C2CC(C=O)CCN2)c1. The second-order valence-electron chi connectivity index (χ2n) is 4.14. The van der Waals surface area contributed by atoms with Gasteiger partial charge in [-0.05, 0) is 42.8 Å². The summed E-state index contributed by atoms with van der Waals surface area (Å²) >= 11 is 1.81. The van der Waals surface area contributed by atoms with Crippen molar-refractivity contribution in [2.75, 3.05) is 6.54 Å². The highest BCUT2D eigenvalue weighted by Gasteiger charge is 2.23. The minimum atomic E-state index is 0.253. The largest absolute Gasteiger partial charge is 0.309 e. The Kier molecular flexibility index (Phi) is 3.54. The molecular weight excluding hydrogens is 206 g/mol. The molecule has 0 spiro atoms. The number of carbonyl (C=O) groups is 1. The standard InChI is InChI=1S/C12H17NOS/c1-2-9-6-12(15-8-9)11-5-10(7-14)3-4-13-11/h6-8,10-11,13H,2-5H2,1H3. The van der Waals surface area contributed by atoms with E-state index in [2.05, 4.69) is 23.7 Å². The third-order valence-electron chi connectivity index (χ3n) is 3.06. The van der Waals surface area contributed by atoms with Gasteiger partial charge in [-0.3, -0.25) is 0 Å². The average molecular weight is 223 g/mol. The fourth-order valence-electron chi connectivity index (χ4n) is 2.05. The van der Waals surface area contributed by atoms with Crippen LogP contribution in [-0.4, -0.2) is 12.8 Å². The van der Waals surface area contributed by atoms with E-state index in [-0.39, 0.29) is 5.92 Å². The highest BCUT2D eigenvalue weighted by Crippen LogP contribution is 2.30. The minimum absolute atomic E-state index is 0.253. The molecule has 2 nitrogen and oxygen atoms in total. The highest BCUT2D eigenvalue weighted by molar-refractivity contribution is 7.10. The Morgan fingerprint density at radius 3 is 3.20 bits per heavy atom. The van der Waals surface area contributed by atoms with Gasteiger partial charge in [-0.1, -0.05) is 6.92 Å². The Bertz CT molecular complexity index is 334. The number of hydrogen-bond donors (Lipinski definition) is 1. The number of aldehydes is 1. The lowest BCUT2D eigenvalue weighted by molar-refractivity contribution is -0.112. The maximum atomic E-state index is 10.8. The summed E-state index contributed by atoms with van der Waals surface area (Å²) in [5.41, 5.74) is 1.41. The lowest BCUT2D eigenvalue weighted by atomic mass is 9.93. The highest BCUT2D eigenvalue weighted by atomic mass is 32.1. The van der Waals surface area contributed by atoms with E-state index in [0.29, 0.717) is 6.04 Å². The van der Waals surface area contributed by atoms with Crippen LogP contribution in [-0.2, 0) is 11.2 Å². The first kappa shape index (κ1) is 10.8. The van der Waals surface area contributed by atoms with Crippen LogP contribution in [0, 0.1) is 5.92 Å². The first-order valence-electron chi connectivity index (χ1n) is 5.59. The third kappa shape index (κ3) is 2.47. The van der Waals surface area contributed by atoms with Gasteiger partial charge in [0.05, 0.1) is 0 Å². The molecule has 3 heteroatoms. The Morgan fingerprint density at radius 2 is 2.53 bits per heavy atom. The molecule has 1 aliphatic rings. The van der Waals surface area contributed by atoms with Crippen LogP contribution < -0.4 is 5.32 Å². The van der Waals surface area contributed by atoms with Crippen LogP contribution in [0.1, 0.15) is 36.2 Å². The molecule has 1 saturated heterocycles.